The van der Waals surface area contributed by atoms with E-state index in [-0.39, 0.29) is 11.9 Å². The summed E-state index contributed by atoms with van der Waals surface area (Å²) in [5, 5.41) is 5.38. The van der Waals surface area contributed by atoms with Crippen molar-refractivity contribution in [3.05, 3.63) is 64.8 Å². The lowest BCUT2D eigenvalue weighted by atomic mass is 10.0. The lowest BCUT2D eigenvalue weighted by molar-refractivity contribution is -0.118. The maximum Gasteiger partial charge on any atom is 0.256 e. The average Bonchev–Trinajstić information content (AvgIpc) is 3.12. The number of aryl methyl sites for hydroxylation is 1. The summed E-state index contributed by atoms with van der Waals surface area (Å²) >= 11 is 11.5. The average molecular weight is 370 g/mol. The highest BCUT2D eigenvalue weighted by Crippen LogP contribution is 2.27. The van der Waals surface area contributed by atoms with Crippen LogP contribution in [0.25, 0.3) is 10.9 Å². The summed E-state index contributed by atoms with van der Waals surface area (Å²) < 4.78 is 0. The number of para-hydroxylation sites is 1. The molecule has 2 heterocycles. The van der Waals surface area contributed by atoms with E-state index in [4.69, 9.17) is 23.8 Å². The van der Waals surface area contributed by atoms with Gasteiger partial charge in [-0.3, -0.25) is 9.69 Å². The Morgan fingerprint density at radius 1 is 1.24 bits per heavy atom. The molecule has 0 unspecified atom stereocenters. The minimum absolute atomic E-state index is 0.0444. The van der Waals surface area contributed by atoms with Gasteiger partial charge in [0.1, 0.15) is 6.04 Å². The van der Waals surface area contributed by atoms with E-state index < -0.39 is 0 Å². The highest BCUT2D eigenvalue weighted by Gasteiger charge is 2.36. The van der Waals surface area contributed by atoms with E-state index in [9.17, 15) is 4.79 Å². The van der Waals surface area contributed by atoms with Crippen LogP contribution in [0.15, 0.2) is 48.7 Å². The molecule has 4 rings (SSSR count). The van der Waals surface area contributed by atoms with E-state index in [2.05, 4.69) is 16.4 Å². The normalized spacial score (nSPS) is 17.4. The monoisotopic (exact) mass is 369 g/mol. The highest BCUT2D eigenvalue weighted by molar-refractivity contribution is 7.80. The van der Waals surface area contributed by atoms with Gasteiger partial charge in [0.25, 0.3) is 5.91 Å². The number of nitrogens with zero attached hydrogens (tertiary/aromatic N) is 1. The molecule has 1 fully saturated rings. The minimum atomic E-state index is -0.373. The molecule has 126 valence electrons. The molecule has 25 heavy (non-hydrogen) atoms. The standard InChI is InChI=1S/C19H16ClN3OS/c1-11-8-13(6-7-15(11)20)23-18(24)17(22-19(23)25)9-12-10-21-16-5-3-2-4-14(12)16/h2-8,10,17,21H,9H2,1H3,(H,22,25)/t17-/m1/s1. The zero-order valence-electron chi connectivity index (χ0n) is 13.5. The maximum absolute atomic E-state index is 12.9. The van der Waals surface area contributed by atoms with Crippen molar-refractivity contribution >= 4 is 51.4 Å². The second kappa shape index (κ2) is 6.17. The second-order valence-corrected chi connectivity index (χ2v) is 6.97. The van der Waals surface area contributed by atoms with E-state index in [1.165, 1.54) is 0 Å². The fourth-order valence-electron chi connectivity index (χ4n) is 3.20. The number of aromatic nitrogens is 1. The molecule has 2 aromatic carbocycles. The van der Waals surface area contributed by atoms with Crippen molar-refractivity contribution in [2.75, 3.05) is 4.90 Å². The number of rotatable bonds is 3. The third-order valence-electron chi connectivity index (χ3n) is 4.52. The molecule has 1 aliphatic heterocycles. The summed E-state index contributed by atoms with van der Waals surface area (Å²) in [6.45, 7) is 1.91. The molecular weight excluding hydrogens is 354 g/mol. The van der Waals surface area contributed by atoms with Crippen LogP contribution in [0.3, 0.4) is 0 Å². The van der Waals surface area contributed by atoms with Crippen LogP contribution < -0.4 is 10.2 Å². The number of amides is 1. The van der Waals surface area contributed by atoms with Crippen LogP contribution in [-0.4, -0.2) is 22.0 Å². The van der Waals surface area contributed by atoms with Crippen LogP contribution in [0, 0.1) is 6.92 Å². The van der Waals surface area contributed by atoms with E-state index in [0.29, 0.717) is 16.6 Å². The molecule has 4 nitrogen and oxygen atoms in total. The van der Waals surface area contributed by atoms with Gasteiger partial charge in [0.2, 0.25) is 0 Å². The van der Waals surface area contributed by atoms with Crippen molar-refractivity contribution in [1.29, 1.82) is 0 Å². The zero-order valence-corrected chi connectivity index (χ0v) is 15.1. The van der Waals surface area contributed by atoms with Gasteiger partial charge < -0.3 is 10.3 Å². The van der Waals surface area contributed by atoms with Crippen molar-refractivity contribution in [3.63, 3.8) is 0 Å². The number of H-pyrrole nitrogens is 1. The first-order valence-corrected chi connectivity index (χ1v) is 8.79. The number of thiocarbonyl (C=S) groups is 1. The number of benzene rings is 2. The Morgan fingerprint density at radius 2 is 2.04 bits per heavy atom. The molecule has 0 radical (unpaired) electrons. The summed E-state index contributed by atoms with van der Waals surface area (Å²) in [5.41, 5.74) is 3.81. The number of fused-ring (bicyclic) bond motifs is 1. The smallest absolute Gasteiger partial charge is 0.256 e. The summed E-state index contributed by atoms with van der Waals surface area (Å²) in [6.07, 6.45) is 2.53. The number of hydrogen-bond donors (Lipinski definition) is 2. The molecule has 0 spiro atoms. The molecule has 1 amide bonds. The lowest BCUT2D eigenvalue weighted by Gasteiger charge is -2.16. The van der Waals surface area contributed by atoms with Gasteiger partial charge in [-0.05, 0) is 54.5 Å². The van der Waals surface area contributed by atoms with Crippen molar-refractivity contribution in [2.45, 2.75) is 19.4 Å². The first-order valence-electron chi connectivity index (χ1n) is 8.00. The minimum Gasteiger partial charge on any atom is -0.361 e. The molecule has 0 bridgehead atoms. The Morgan fingerprint density at radius 3 is 2.84 bits per heavy atom. The molecule has 1 atom stereocenters. The van der Waals surface area contributed by atoms with Gasteiger partial charge in [0.05, 0.1) is 5.69 Å². The molecule has 3 aromatic rings. The van der Waals surface area contributed by atoms with Crippen LogP contribution in [0.4, 0.5) is 5.69 Å². The maximum atomic E-state index is 12.9. The number of carbonyl (C=O) groups is 1. The number of halogens is 1. The molecule has 0 aliphatic carbocycles. The van der Waals surface area contributed by atoms with Gasteiger partial charge >= 0.3 is 0 Å². The van der Waals surface area contributed by atoms with Crippen molar-refractivity contribution in [2.24, 2.45) is 0 Å². The Labute approximate surface area is 155 Å². The molecule has 1 aliphatic rings. The topological polar surface area (TPSA) is 48.1 Å². The predicted molar refractivity (Wildman–Crippen MR) is 105 cm³/mol. The van der Waals surface area contributed by atoms with E-state index in [0.717, 1.165) is 27.7 Å². The number of aromatic amines is 1. The zero-order chi connectivity index (χ0) is 17.6. The van der Waals surface area contributed by atoms with Gasteiger partial charge in [0, 0.05) is 28.5 Å². The molecular formula is C19H16ClN3OS. The summed E-state index contributed by atoms with van der Waals surface area (Å²) in [4.78, 5) is 17.7. The number of anilines is 1. The largest absolute Gasteiger partial charge is 0.361 e. The van der Waals surface area contributed by atoms with Crippen molar-refractivity contribution in [1.82, 2.24) is 10.3 Å². The summed E-state index contributed by atoms with van der Waals surface area (Å²) in [7, 11) is 0. The molecule has 0 saturated carbocycles. The van der Waals surface area contributed by atoms with E-state index in [1.807, 2.05) is 43.5 Å². The number of hydrogen-bond acceptors (Lipinski definition) is 2. The van der Waals surface area contributed by atoms with Crippen LogP contribution in [0.5, 0.6) is 0 Å². The van der Waals surface area contributed by atoms with Gasteiger partial charge in [-0.25, -0.2) is 0 Å². The molecule has 1 saturated heterocycles. The third kappa shape index (κ3) is 2.79. The lowest BCUT2D eigenvalue weighted by Crippen LogP contribution is -2.32. The third-order valence-corrected chi connectivity index (χ3v) is 5.24. The van der Waals surface area contributed by atoms with E-state index in [1.54, 1.807) is 11.0 Å². The van der Waals surface area contributed by atoms with Crippen molar-refractivity contribution < 1.29 is 4.79 Å². The Bertz CT molecular complexity index is 997. The van der Waals surface area contributed by atoms with Gasteiger partial charge in [-0.1, -0.05) is 29.8 Å². The Balaban J connectivity index is 1.61. The first kappa shape index (κ1) is 16.1. The van der Waals surface area contributed by atoms with Crippen LogP contribution in [0.2, 0.25) is 5.02 Å². The Kier molecular flexibility index (Phi) is 3.98. The fourth-order valence-corrected chi connectivity index (χ4v) is 3.66. The highest BCUT2D eigenvalue weighted by atomic mass is 35.5. The molecule has 6 heteroatoms. The van der Waals surface area contributed by atoms with Crippen LogP contribution in [0.1, 0.15) is 11.1 Å². The first-order chi connectivity index (χ1) is 12.0. The number of carbonyl (C=O) groups excluding carboxylic acids is 1. The van der Waals surface area contributed by atoms with Crippen LogP contribution >= 0.6 is 23.8 Å². The quantitative estimate of drug-likeness (QED) is 0.687. The van der Waals surface area contributed by atoms with Crippen molar-refractivity contribution in [3.8, 4) is 0 Å². The predicted octanol–water partition coefficient (Wildman–Crippen LogP) is 3.96. The second-order valence-electron chi connectivity index (χ2n) is 6.17. The Hall–Kier alpha value is -2.37. The summed E-state index contributed by atoms with van der Waals surface area (Å²) in [6, 6.07) is 13.2. The van der Waals surface area contributed by atoms with Gasteiger partial charge in [-0.15, -0.1) is 0 Å². The SMILES string of the molecule is Cc1cc(N2C(=O)[C@@H](Cc3c[nH]c4ccccc34)NC2=S)ccc1Cl. The van der Waals surface area contributed by atoms with Gasteiger partial charge in [-0.2, -0.15) is 0 Å². The number of nitrogens with one attached hydrogen (secondary N) is 2. The van der Waals surface area contributed by atoms with E-state index >= 15 is 0 Å². The van der Waals surface area contributed by atoms with Crippen LogP contribution in [-0.2, 0) is 11.2 Å². The molecule has 1 aromatic heterocycles. The molecule has 2 N–H and O–H groups in total. The summed E-state index contributed by atoms with van der Waals surface area (Å²) in [5.74, 6) is -0.0444. The fraction of sp³-hybridized carbons (Fsp3) is 0.158. The van der Waals surface area contributed by atoms with Gasteiger partial charge in [0.15, 0.2) is 5.11 Å².